The Morgan fingerprint density at radius 3 is 2.35 bits per heavy atom. The highest BCUT2D eigenvalue weighted by Crippen LogP contribution is 2.26. The van der Waals surface area contributed by atoms with Gasteiger partial charge in [-0.15, -0.1) is 0 Å². The van der Waals surface area contributed by atoms with Crippen molar-refractivity contribution < 1.29 is 23.2 Å². The van der Waals surface area contributed by atoms with Crippen molar-refractivity contribution in [2.45, 2.75) is 24.6 Å². The maximum Gasteiger partial charge on any atom is 0.264 e. The average Bonchev–Trinajstić information content (AvgIpc) is 2.76. The highest BCUT2D eigenvalue weighted by atomic mass is 32.2. The molecule has 0 aliphatic rings. The van der Waals surface area contributed by atoms with Gasteiger partial charge in [0.05, 0.1) is 7.11 Å². The molecule has 3 rings (SSSR count). The van der Waals surface area contributed by atoms with Gasteiger partial charge in [-0.2, -0.15) is 0 Å². The molecular weight excluding hydrogens is 420 g/mol. The lowest BCUT2D eigenvalue weighted by atomic mass is 10.0. The number of benzene rings is 2. The van der Waals surface area contributed by atoms with Crippen LogP contribution in [0.3, 0.4) is 0 Å². The number of hydrogen-bond donors (Lipinski definition) is 2. The molecule has 0 saturated heterocycles. The molecule has 2 aromatic carbocycles. The highest BCUT2D eigenvalue weighted by molar-refractivity contribution is 7.92. The summed E-state index contributed by atoms with van der Waals surface area (Å²) in [6.45, 7) is 1.22. The number of carbonyl (C=O) groups is 1. The SMILES string of the molecule is COc1ccc(-c2ccc3c(=O)n(CCC(C)(C(=O)NO)S(C)(=O)=O)ccc3c2)cc1. The Bertz CT molecular complexity index is 1280. The van der Waals surface area contributed by atoms with Gasteiger partial charge < -0.3 is 9.30 Å². The zero-order valence-electron chi connectivity index (χ0n) is 17.5. The van der Waals surface area contributed by atoms with E-state index in [0.717, 1.165) is 28.5 Å². The normalized spacial score (nSPS) is 13.5. The van der Waals surface area contributed by atoms with Gasteiger partial charge in [-0.1, -0.05) is 18.2 Å². The van der Waals surface area contributed by atoms with E-state index in [-0.39, 0.29) is 18.5 Å². The van der Waals surface area contributed by atoms with E-state index in [0.29, 0.717) is 5.39 Å². The number of carbonyl (C=O) groups excluding carboxylic acids is 1. The second kappa shape index (κ2) is 8.52. The molecule has 1 aromatic heterocycles. The van der Waals surface area contributed by atoms with Crippen molar-refractivity contribution >= 4 is 26.5 Å². The first-order chi connectivity index (χ1) is 14.6. The summed E-state index contributed by atoms with van der Waals surface area (Å²) in [5.74, 6) is -0.281. The molecule has 1 atom stereocenters. The molecule has 0 fully saturated rings. The fourth-order valence-corrected chi connectivity index (χ4v) is 4.19. The van der Waals surface area contributed by atoms with Crippen molar-refractivity contribution in [2.75, 3.05) is 13.4 Å². The Morgan fingerprint density at radius 1 is 1.13 bits per heavy atom. The van der Waals surface area contributed by atoms with Crippen LogP contribution in [0.25, 0.3) is 21.9 Å². The third-order valence-electron chi connectivity index (χ3n) is 5.63. The molecule has 164 valence electrons. The number of hydrogen-bond acceptors (Lipinski definition) is 6. The van der Waals surface area contributed by atoms with Crippen molar-refractivity contribution in [2.24, 2.45) is 0 Å². The zero-order chi connectivity index (χ0) is 22.8. The minimum Gasteiger partial charge on any atom is -0.497 e. The third kappa shape index (κ3) is 4.33. The first-order valence-corrected chi connectivity index (χ1v) is 11.4. The molecule has 31 heavy (non-hydrogen) atoms. The molecule has 0 bridgehead atoms. The van der Waals surface area contributed by atoms with E-state index in [9.17, 15) is 18.0 Å². The number of fused-ring (bicyclic) bond motifs is 1. The lowest BCUT2D eigenvalue weighted by molar-refractivity contribution is -0.131. The number of nitrogens with one attached hydrogen (secondary N) is 1. The van der Waals surface area contributed by atoms with E-state index < -0.39 is 20.5 Å². The Morgan fingerprint density at radius 2 is 1.77 bits per heavy atom. The van der Waals surface area contributed by atoms with Crippen LogP contribution >= 0.6 is 0 Å². The highest BCUT2D eigenvalue weighted by Gasteiger charge is 2.43. The molecule has 1 heterocycles. The Balaban J connectivity index is 1.92. The molecule has 0 radical (unpaired) electrons. The van der Waals surface area contributed by atoms with Crippen molar-refractivity contribution in [1.29, 1.82) is 0 Å². The van der Waals surface area contributed by atoms with Gasteiger partial charge in [-0.25, -0.2) is 13.9 Å². The molecule has 2 N–H and O–H groups in total. The first kappa shape index (κ1) is 22.5. The van der Waals surface area contributed by atoms with E-state index in [1.54, 1.807) is 25.4 Å². The smallest absolute Gasteiger partial charge is 0.264 e. The molecule has 1 amide bonds. The average molecular weight is 445 g/mol. The quantitative estimate of drug-likeness (QED) is 0.427. The van der Waals surface area contributed by atoms with Crippen LogP contribution in [0, 0.1) is 0 Å². The predicted octanol–water partition coefficient (Wildman–Crippen LogP) is 2.38. The van der Waals surface area contributed by atoms with Gasteiger partial charge in [0.25, 0.3) is 11.5 Å². The Labute approximate surface area is 180 Å². The summed E-state index contributed by atoms with van der Waals surface area (Å²) in [7, 11) is -2.24. The van der Waals surface area contributed by atoms with Crippen LogP contribution < -0.4 is 15.8 Å². The van der Waals surface area contributed by atoms with Crippen molar-refractivity contribution in [3.05, 3.63) is 65.1 Å². The number of sulfone groups is 1. The molecule has 3 aromatic rings. The van der Waals surface area contributed by atoms with Gasteiger partial charge in [0.1, 0.15) is 5.75 Å². The fourth-order valence-electron chi connectivity index (χ4n) is 3.35. The molecule has 0 spiro atoms. The lowest BCUT2D eigenvalue weighted by Crippen LogP contribution is -2.49. The molecule has 0 saturated carbocycles. The number of hydroxylamine groups is 1. The summed E-state index contributed by atoms with van der Waals surface area (Å²) in [4.78, 5) is 24.9. The Kier molecular flexibility index (Phi) is 6.19. The molecule has 9 heteroatoms. The van der Waals surface area contributed by atoms with Crippen LogP contribution in [0.4, 0.5) is 0 Å². The minimum absolute atomic E-state index is 0.00794. The van der Waals surface area contributed by atoms with Crippen LogP contribution in [0.5, 0.6) is 5.75 Å². The van der Waals surface area contributed by atoms with Gasteiger partial charge in [0.15, 0.2) is 14.6 Å². The lowest BCUT2D eigenvalue weighted by Gasteiger charge is -2.25. The molecule has 0 aliphatic carbocycles. The largest absolute Gasteiger partial charge is 0.497 e. The number of pyridine rings is 1. The summed E-state index contributed by atoms with van der Waals surface area (Å²) < 4.78 is 28.9. The van der Waals surface area contributed by atoms with Crippen molar-refractivity contribution in [1.82, 2.24) is 10.0 Å². The van der Waals surface area contributed by atoms with Crippen LogP contribution in [0.2, 0.25) is 0 Å². The van der Waals surface area contributed by atoms with E-state index in [2.05, 4.69) is 0 Å². The number of aromatic nitrogens is 1. The molecular formula is C22H24N2O6S. The van der Waals surface area contributed by atoms with E-state index in [1.165, 1.54) is 17.0 Å². The Hall–Kier alpha value is -3.17. The predicted molar refractivity (Wildman–Crippen MR) is 118 cm³/mol. The number of nitrogens with zero attached hydrogens (tertiary/aromatic N) is 1. The van der Waals surface area contributed by atoms with Gasteiger partial charge in [0.2, 0.25) is 0 Å². The summed E-state index contributed by atoms with van der Waals surface area (Å²) in [5.41, 5.74) is 3.03. The standard InChI is InChI=1S/C22H24N2O6S/c1-22(21(26)23-27,31(3,28)29)11-13-24-12-10-17-14-16(6-9-19(17)20(24)25)15-4-7-18(30-2)8-5-15/h4-10,12,14,27H,11,13H2,1-3H3,(H,23,26). The van der Waals surface area contributed by atoms with Crippen molar-refractivity contribution in [3.8, 4) is 16.9 Å². The van der Waals surface area contributed by atoms with Gasteiger partial charge in [-0.3, -0.25) is 14.8 Å². The minimum atomic E-state index is -3.84. The van der Waals surface area contributed by atoms with Crippen LogP contribution in [-0.2, 0) is 21.2 Å². The fraction of sp³-hybridized carbons (Fsp3) is 0.273. The second-order valence-electron chi connectivity index (χ2n) is 7.54. The molecule has 8 nitrogen and oxygen atoms in total. The van der Waals surface area contributed by atoms with Gasteiger partial charge in [0, 0.05) is 24.4 Å². The van der Waals surface area contributed by atoms with Crippen LogP contribution in [-0.4, -0.2) is 42.2 Å². The summed E-state index contributed by atoms with van der Waals surface area (Å²) in [5, 5.41) is 10.2. The summed E-state index contributed by atoms with van der Waals surface area (Å²) in [6.07, 6.45) is 2.32. The van der Waals surface area contributed by atoms with Crippen molar-refractivity contribution in [3.63, 3.8) is 0 Å². The topological polar surface area (TPSA) is 115 Å². The summed E-state index contributed by atoms with van der Waals surface area (Å²) >= 11 is 0. The first-order valence-electron chi connectivity index (χ1n) is 9.52. The third-order valence-corrected chi connectivity index (χ3v) is 7.66. The number of amides is 1. The van der Waals surface area contributed by atoms with Crippen LogP contribution in [0.1, 0.15) is 13.3 Å². The maximum absolute atomic E-state index is 12.9. The van der Waals surface area contributed by atoms with Gasteiger partial charge >= 0.3 is 0 Å². The molecule has 1 unspecified atom stereocenters. The monoisotopic (exact) mass is 444 g/mol. The number of ether oxygens (including phenoxy) is 1. The molecule has 0 aliphatic heterocycles. The summed E-state index contributed by atoms with van der Waals surface area (Å²) in [6, 6.07) is 14.8. The maximum atomic E-state index is 12.9. The number of rotatable bonds is 7. The van der Waals surface area contributed by atoms with E-state index in [4.69, 9.17) is 9.94 Å². The number of methoxy groups -OCH3 is 1. The van der Waals surface area contributed by atoms with E-state index >= 15 is 0 Å². The van der Waals surface area contributed by atoms with Gasteiger partial charge in [-0.05, 0) is 60.2 Å². The second-order valence-corrected chi connectivity index (χ2v) is 9.98. The van der Waals surface area contributed by atoms with E-state index in [1.807, 2.05) is 36.4 Å². The van der Waals surface area contributed by atoms with Crippen LogP contribution in [0.15, 0.2) is 59.5 Å². The number of aryl methyl sites for hydroxylation is 1. The zero-order valence-corrected chi connectivity index (χ0v) is 18.3.